The largest absolute Gasteiger partial charge is 0.493 e. The zero-order valence-corrected chi connectivity index (χ0v) is 24.5. The van der Waals surface area contributed by atoms with Gasteiger partial charge in [-0.1, -0.05) is 42.5 Å². The van der Waals surface area contributed by atoms with Gasteiger partial charge >= 0.3 is 0 Å². The number of thioether (sulfide) groups is 1. The topological polar surface area (TPSA) is 109 Å². The zero-order chi connectivity index (χ0) is 29.2. The molecule has 10 heteroatoms. The Bertz CT molecular complexity index is 1550. The number of ether oxygens (including phenoxy) is 1. The van der Waals surface area contributed by atoms with E-state index in [4.69, 9.17) is 4.74 Å². The summed E-state index contributed by atoms with van der Waals surface area (Å²) in [6, 6.07) is 23.1. The van der Waals surface area contributed by atoms with E-state index in [9.17, 15) is 14.4 Å². The second-order valence-corrected chi connectivity index (χ2v) is 11.1. The number of carbonyl (C=O) groups is 3. The fraction of sp³-hybridized carbons (Fsp3) is 0.161. The average Bonchev–Trinajstić information content (AvgIpc) is 3.38. The van der Waals surface area contributed by atoms with Crippen LogP contribution in [-0.2, 0) is 9.59 Å². The van der Waals surface area contributed by atoms with Crippen LogP contribution in [0, 0.1) is 6.92 Å². The smallest absolute Gasteiger partial charge is 0.272 e. The summed E-state index contributed by atoms with van der Waals surface area (Å²) in [5, 5.41) is 10.5. The molecule has 1 atom stereocenters. The predicted octanol–water partition coefficient (Wildman–Crippen LogP) is 6.38. The highest BCUT2D eigenvalue weighted by Gasteiger charge is 2.18. The van der Waals surface area contributed by atoms with Gasteiger partial charge in [-0.15, -0.1) is 23.1 Å². The molecule has 0 spiro atoms. The molecule has 3 N–H and O–H groups in total. The third-order valence-corrected chi connectivity index (χ3v) is 7.64. The van der Waals surface area contributed by atoms with Crippen molar-refractivity contribution < 1.29 is 19.1 Å². The van der Waals surface area contributed by atoms with Crippen LogP contribution >= 0.6 is 23.1 Å². The Labute approximate surface area is 247 Å². The van der Waals surface area contributed by atoms with Gasteiger partial charge in [0, 0.05) is 27.1 Å². The molecule has 4 rings (SSSR count). The lowest BCUT2D eigenvalue weighted by Crippen LogP contribution is -2.30. The Balaban J connectivity index is 1.52. The van der Waals surface area contributed by atoms with Gasteiger partial charge < -0.3 is 20.7 Å². The van der Waals surface area contributed by atoms with E-state index in [1.165, 1.54) is 23.1 Å². The Morgan fingerprint density at radius 1 is 1.00 bits per heavy atom. The minimum Gasteiger partial charge on any atom is -0.493 e. The molecule has 41 heavy (non-hydrogen) atoms. The summed E-state index contributed by atoms with van der Waals surface area (Å²) in [5.41, 5.74) is 2.48. The van der Waals surface area contributed by atoms with Crippen molar-refractivity contribution in [3.63, 3.8) is 0 Å². The number of anilines is 2. The molecule has 0 bridgehead atoms. The SMILES string of the molecule is CCOc1ccccc1/C=C(/NC(=O)c1ccccc1)C(=O)Nc1cccc(SC(C)C(=O)Nc2nc(C)cs2)c1. The first kappa shape index (κ1) is 29.6. The second kappa shape index (κ2) is 14.3. The Kier molecular flexibility index (Phi) is 10.3. The van der Waals surface area contributed by atoms with E-state index in [0.717, 1.165) is 10.6 Å². The molecular formula is C31H30N4O4S2. The van der Waals surface area contributed by atoms with Crippen molar-refractivity contribution in [3.05, 3.63) is 107 Å². The lowest BCUT2D eigenvalue weighted by atomic mass is 10.1. The van der Waals surface area contributed by atoms with E-state index in [-0.39, 0.29) is 11.6 Å². The third-order valence-electron chi connectivity index (χ3n) is 5.67. The molecule has 0 fully saturated rings. The van der Waals surface area contributed by atoms with E-state index in [0.29, 0.717) is 34.3 Å². The molecule has 1 unspecified atom stereocenters. The number of aromatic nitrogens is 1. The van der Waals surface area contributed by atoms with Crippen LogP contribution in [0.3, 0.4) is 0 Å². The number of thiazole rings is 1. The Hall–Kier alpha value is -4.41. The maximum absolute atomic E-state index is 13.5. The molecule has 1 aromatic heterocycles. The van der Waals surface area contributed by atoms with Crippen LogP contribution in [0.2, 0.25) is 0 Å². The standard InChI is InChI=1S/C31H30N4O4S2/c1-4-39-27-16-9-8-13-23(27)17-26(34-29(37)22-11-6-5-7-12-22)30(38)33-24-14-10-15-25(18-24)41-21(3)28(36)35-31-32-20(2)19-40-31/h5-19,21H,4H2,1-3H3,(H,33,38)(H,34,37)(H,32,35,36)/b26-17+. The molecule has 0 aliphatic carbocycles. The van der Waals surface area contributed by atoms with Crippen molar-refractivity contribution in [1.29, 1.82) is 0 Å². The highest BCUT2D eigenvalue weighted by Crippen LogP contribution is 2.28. The van der Waals surface area contributed by atoms with Crippen molar-refractivity contribution in [1.82, 2.24) is 10.3 Å². The second-order valence-electron chi connectivity index (χ2n) is 8.87. The van der Waals surface area contributed by atoms with Crippen molar-refractivity contribution in [2.24, 2.45) is 0 Å². The molecule has 0 aliphatic rings. The van der Waals surface area contributed by atoms with E-state index in [1.807, 2.05) is 56.5 Å². The van der Waals surface area contributed by atoms with E-state index in [1.54, 1.807) is 54.6 Å². The molecular weight excluding hydrogens is 556 g/mol. The maximum atomic E-state index is 13.5. The van der Waals surface area contributed by atoms with Gasteiger partial charge in [0.25, 0.3) is 11.8 Å². The number of benzene rings is 3. The van der Waals surface area contributed by atoms with Gasteiger partial charge in [0.15, 0.2) is 5.13 Å². The van der Waals surface area contributed by atoms with Crippen LogP contribution in [0.15, 0.2) is 94.8 Å². The van der Waals surface area contributed by atoms with Crippen molar-refractivity contribution in [2.45, 2.75) is 30.9 Å². The molecule has 4 aromatic rings. The van der Waals surface area contributed by atoms with Gasteiger partial charge in [0.2, 0.25) is 5.91 Å². The summed E-state index contributed by atoms with van der Waals surface area (Å²) in [6.07, 6.45) is 1.59. The number of hydrogen-bond donors (Lipinski definition) is 3. The molecule has 0 radical (unpaired) electrons. The number of aryl methyl sites for hydroxylation is 1. The zero-order valence-electron chi connectivity index (χ0n) is 22.8. The minimum atomic E-state index is -0.507. The number of para-hydroxylation sites is 1. The fourth-order valence-electron chi connectivity index (χ4n) is 3.71. The molecule has 0 saturated carbocycles. The first-order valence-electron chi connectivity index (χ1n) is 12.9. The Morgan fingerprint density at radius 2 is 1.76 bits per heavy atom. The molecule has 1 heterocycles. The fourth-order valence-corrected chi connectivity index (χ4v) is 5.32. The highest BCUT2D eigenvalue weighted by molar-refractivity contribution is 8.00. The van der Waals surface area contributed by atoms with Crippen LogP contribution in [-0.4, -0.2) is 34.6 Å². The van der Waals surface area contributed by atoms with Crippen LogP contribution in [0.4, 0.5) is 10.8 Å². The van der Waals surface area contributed by atoms with Crippen molar-refractivity contribution in [3.8, 4) is 5.75 Å². The highest BCUT2D eigenvalue weighted by atomic mass is 32.2. The lowest BCUT2D eigenvalue weighted by molar-refractivity contribution is -0.115. The number of carbonyl (C=O) groups excluding carboxylic acids is 3. The molecule has 3 aromatic carbocycles. The summed E-state index contributed by atoms with van der Waals surface area (Å²) in [5.74, 6) is -0.499. The summed E-state index contributed by atoms with van der Waals surface area (Å²) in [7, 11) is 0. The number of rotatable bonds is 11. The maximum Gasteiger partial charge on any atom is 0.272 e. The van der Waals surface area contributed by atoms with Crippen LogP contribution < -0.4 is 20.7 Å². The lowest BCUT2D eigenvalue weighted by Gasteiger charge is -2.14. The van der Waals surface area contributed by atoms with E-state index < -0.39 is 17.1 Å². The van der Waals surface area contributed by atoms with E-state index >= 15 is 0 Å². The van der Waals surface area contributed by atoms with Crippen LogP contribution in [0.25, 0.3) is 6.08 Å². The molecule has 3 amide bonds. The molecule has 210 valence electrons. The monoisotopic (exact) mass is 586 g/mol. The van der Waals surface area contributed by atoms with Crippen LogP contribution in [0.1, 0.15) is 35.5 Å². The molecule has 0 aliphatic heterocycles. The predicted molar refractivity (Wildman–Crippen MR) is 165 cm³/mol. The van der Waals surface area contributed by atoms with Crippen molar-refractivity contribution >= 4 is 57.7 Å². The Morgan fingerprint density at radius 3 is 2.49 bits per heavy atom. The van der Waals surface area contributed by atoms with Crippen LogP contribution in [0.5, 0.6) is 5.75 Å². The first-order valence-corrected chi connectivity index (χ1v) is 14.7. The molecule has 8 nitrogen and oxygen atoms in total. The van der Waals surface area contributed by atoms with Gasteiger partial charge in [-0.2, -0.15) is 0 Å². The van der Waals surface area contributed by atoms with Gasteiger partial charge in [0.05, 0.1) is 17.6 Å². The first-order chi connectivity index (χ1) is 19.8. The van der Waals surface area contributed by atoms with Gasteiger partial charge in [-0.05, 0) is 63.2 Å². The third kappa shape index (κ3) is 8.54. The molecule has 0 saturated heterocycles. The number of amides is 3. The van der Waals surface area contributed by atoms with Crippen molar-refractivity contribution in [2.75, 3.05) is 17.2 Å². The normalized spacial score (nSPS) is 11.8. The van der Waals surface area contributed by atoms with Gasteiger partial charge in [-0.25, -0.2) is 4.98 Å². The summed E-state index contributed by atoms with van der Waals surface area (Å²) in [4.78, 5) is 44.2. The summed E-state index contributed by atoms with van der Waals surface area (Å²) < 4.78 is 5.71. The van der Waals surface area contributed by atoms with E-state index in [2.05, 4.69) is 20.9 Å². The van der Waals surface area contributed by atoms with Gasteiger partial charge in [0.1, 0.15) is 11.4 Å². The average molecular weight is 587 g/mol. The summed E-state index contributed by atoms with van der Waals surface area (Å²) >= 11 is 2.74. The minimum absolute atomic E-state index is 0.0514. The number of nitrogens with zero attached hydrogens (tertiary/aromatic N) is 1. The number of nitrogens with one attached hydrogen (secondary N) is 3. The van der Waals surface area contributed by atoms with Gasteiger partial charge in [-0.3, -0.25) is 14.4 Å². The quantitative estimate of drug-likeness (QED) is 0.139. The summed E-state index contributed by atoms with van der Waals surface area (Å²) in [6.45, 7) is 6.00. The number of hydrogen-bond acceptors (Lipinski definition) is 7.